The van der Waals surface area contributed by atoms with Gasteiger partial charge in [-0.3, -0.25) is 9.10 Å². The maximum absolute atomic E-state index is 12.9. The molecule has 1 heterocycles. The summed E-state index contributed by atoms with van der Waals surface area (Å²) in [7, 11) is -2.22. The summed E-state index contributed by atoms with van der Waals surface area (Å²) < 4.78 is 32.5. The smallest absolute Gasteiger partial charge is 0.264 e. The molecule has 0 bridgehead atoms. The molecule has 1 aliphatic rings. The zero-order valence-corrected chi connectivity index (χ0v) is 15.1. The van der Waals surface area contributed by atoms with Crippen LogP contribution in [-0.2, 0) is 21.2 Å². The SMILES string of the molecule is CNC(=O)COc1ccc(S(=O)(=O)N2CCc3ccccc32)cc1Cl. The molecule has 0 aliphatic carbocycles. The Hall–Kier alpha value is -2.25. The quantitative estimate of drug-likeness (QED) is 0.862. The molecule has 0 saturated carbocycles. The number of rotatable bonds is 5. The second-order valence-corrected chi connectivity index (χ2v) is 7.78. The molecule has 25 heavy (non-hydrogen) atoms. The first kappa shape index (κ1) is 17.6. The van der Waals surface area contributed by atoms with E-state index < -0.39 is 10.0 Å². The Morgan fingerprint density at radius 1 is 1.28 bits per heavy atom. The van der Waals surface area contributed by atoms with Crippen LogP contribution in [0.15, 0.2) is 47.4 Å². The van der Waals surface area contributed by atoms with Crippen molar-refractivity contribution in [2.45, 2.75) is 11.3 Å². The highest BCUT2D eigenvalue weighted by molar-refractivity contribution is 7.92. The van der Waals surface area contributed by atoms with E-state index >= 15 is 0 Å². The van der Waals surface area contributed by atoms with Gasteiger partial charge in [-0.15, -0.1) is 0 Å². The average Bonchev–Trinajstić information content (AvgIpc) is 3.05. The molecule has 0 atom stereocenters. The standard InChI is InChI=1S/C17H17ClN2O4S/c1-19-17(21)11-24-16-7-6-13(10-14(16)18)25(22,23)20-9-8-12-4-2-3-5-15(12)20/h2-7,10H,8-9,11H2,1H3,(H,19,21). The Morgan fingerprint density at radius 2 is 2.04 bits per heavy atom. The first-order valence-electron chi connectivity index (χ1n) is 7.67. The fourth-order valence-corrected chi connectivity index (χ4v) is 4.49. The van der Waals surface area contributed by atoms with Gasteiger partial charge in [-0.05, 0) is 36.2 Å². The lowest BCUT2D eigenvalue weighted by atomic mass is 10.2. The van der Waals surface area contributed by atoms with Crippen LogP contribution in [0.4, 0.5) is 5.69 Å². The molecule has 0 fully saturated rings. The summed E-state index contributed by atoms with van der Waals surface area (Å²) >= 11 is 6.13. The molecule has 1 amide bonds. The van der Waals surface area contributed by atoms with Crippen LogP contribution in [0, 0.1) is 0 Å². The van der Waals surface area contributed by atoms with Crippen molar-refractivity contribution >= 4 is 33.2 Å². The molecule has 132 valence electrons. The van der Waals surface area contributed by atoms with Crippen LogP contribution in [0.2, 0.25) is 5.02 Å². The summed E-state index contributed by atoms with van der Waals surface area (Å²) in [6.07, 6.45) is 0.677. The number of fused-ring (bicyclic) bond motifs is 1. The van der Waals surface area contributed by atoms with E-state index in [9.17, 15) is 13.2 Å². The molecule has 0 saturated heterocycles. The van der Waals surface area contributed by atoms with Crippen LogP contribution >= 0.6 is 11.6 Å². The van der Waals surface area contributed by atoms with Crippen molar-refractivity contribution in [2.24, 2.45) is 0 Å². The minimum atomic E-state index is -3.71. The molecule has 1 N–H and O–H groups in total. The minimum absolute atomic E-state index is 0.0847. The summed E-state index contributed by atoms with van der Waals surface area (Å²) in [6.45, 7) is 0.204. The summed E-state index contributed by atoms with van der Waals surface area (Å²) in [4.78, 5) is 11.3. The molecule has 0 spiro atoms. The largest absolute Gasteiger partial charge is 0.482 e. The van der Waals surface area contributed by atoms with Crippen LogP contribution in [0.5, 0.6) is 5.75 Å². The number of nitrogens with zero attached hydrogens (tertiary/aromatic N) is 1. The highest BCUT2D eigenvalue weighted by Gasteiger charge is 2.31. The third-order valence-electron chi connectivity index (χ3n) is 3.97. The second kappa shape index (κ2) is 6.93. The Morgan fingerprint density at radius 3 is 2.76 bits per heavy atom. The van der Waals surface area contributed by atoms with Gasteiger partial charge < -0.3 is 10.1 Å². The highest BCUT2D eigenvalue weighted by Crippen LogP contribution is 2.34. The van der Waals surface area contributed by atoms with Gasteiger partial charge in [0.15, 0.2) is 6.61 Å². The highest BCUT2D eigenvalue weighted by atomic mass is 35.5. The normalized spacial score (nSPS) is 13.4. The first-order chi connectivity index (χ1) is 11.9. The number of carbonyl (C=O) groups is 1. The van der Waals surface area contributed by atoms with Crippen molar-refractivity contribution in [3.63, 3.8) is 0 Å². The third kappa shape index (κ3) is 3.43. The van der Waals surface area contributed by atoms with Crippen LogP contribution in [-0.4, -0.2) is 34.5 Å². The number of anilines is 1. The van der Waals surface area contributed by atoms with Crippen molar-refractivity contribution in [3.05, 3.63) is 53.1 Å². The molecule has 1 aliphatic heterocycles. The summed E-state index contributed by atoms with van der Waals surface area (Å²) in [5.74, 6) is -0.0486. The Labute approximate surface area is 151 Å². The lowest BCUT2D eigenvalue weighted by molar-refractivity contribution is -0.122. The Balaban J connectivity index is 1.86. The maximum atomic E-state index is 12.9. The van der Waals surface area contributed by atoms with Gasteiger partial charge in [0.25, 0.3) is 15.9 Å². The van der Waals surface area contributed by atoms with Gasteiger partial charge >= 0.3 is 0 Å². The molecule has 6 nitrogen and oxygen atoms in total. The third-order valence-corrected chi connectivity index (χ3v) is 6.08. The van der Waals surface area contributed by atoms with Crippen molar-refractivity contribution in [3.8, 4) is 5.75 Å². The minimum Gasteiger partial charge on any atom is -0.482 e. The van der Waals surface area contributed by atoms with Gasteiger partial charge in [0.05, 0.1) is 15.6 Å². The van der Waals surface area contributed by atoms with Gasteiger partial charge in [0.1, 0.15) is 5.75 Å². The number of nitrogens with one attached hydrogen (secondary N) is 1. The van der Waals surface area contributed by atoms with Gasteiger partial charge in [-0.2, -0.15) is 0 Å². The number of halogens is 1. The Bertz CT molecular complexity index is 915. The number of amides is 1. The topological polar surface area (TPSA) is 75.7 Å². The van der Waals surface area contributed by atoms with Gasteiger partial charge in [0, 0.05) is 13.6 Å². The molecule has 2 aromatic carbocycles. The molecule has 0 aromatic heterocycles. The summed E-state index contributed by atoms with van der Waals surface area (Å²) in [6, 6.07) is 11.7. The van der Waals surface area contributed by atoms with E-state index in [4.69, 9.17) is 16.3 Å². The Kier molecular flexibility index (Phi) is 4.87. The number of ether oxygens (including phenoxy) is 1. The lowest BCUT2D eigenvalue weighted by Gasteiger charge is -2.20. The van der Waals surface area contributed by atoms with Crippen LogP contribution in [0.25, 0.3) is 0 Å². The van der Waals surface area contributed by atoms with E-state index in [-0.39, 0.29) is 28.2 Å². The number of sulfonamides is 1. The molecule has 0 radical (unpaired) electrons. The zero-order valence-electron chi connectivity index (χ0n) is 13.5. The molecule has 0 unspecified atom stereocenters. The monoisotopic (exact) mass is 380 g/mol. The number of hydrogen-bond donors (Lipinski definition) is 1. The van der Waals surface area contributed by atoms with Crippen molar-refractivity contribution < 1.29 is 17.9 Å². The summed E-state index contributed by atoms with van der Waals surface area (Å²) in [5, 5.41) is 2.56. The zero-order chi connectivity index (χ0) is 18.0. The number of likely N-dealkylation sites (N-methyl/N-ethyl adjacent to an activating group) is 1. The lowest BCUT2D eigenvalue weighted by Crippen LogP contribution is -2.29. The van der Waals surface area contributed by atoms with E-state index in [1.165, 1.54) is 29.6 Å². The van der Waals surface area contributed by atoms with E-state index in [0.29, 0.717) is 18.7 Å². The molecule has 8 heteroatoms. The van der Waals surface area contributed by atoms with Gasteiger partial charge in [-0.25, -0.2) is 8.42 Å². The van der Waals surface area contributed by atoms with Crippen molar-refractivity contribution in [1.29, 1.82) is 0 Å². The molecule has 3 rings (SSSR count). The van der Waals surface area contributed by atoms with Gasteiger partial charge in [-0.1, -0.05) is 29.8 Å². The average molecular weight is 381 g/mol. The predicted molar refractivity (Wildman–Crippen MR) is 95.7 cm³/mol. The number of benzene rings is 2. The summed E-state index contributed by atoms with van der Waals surface area (Å²) in [5.41, 5.74) is 1.70. The molecular weight excluding hydrogens is 364 g/mol. The number of carbonyl (C=O) groups excluding carboxylic acids is 1. The van der Waals surface area contributed by atoms with E-state index in [1.54, 1.807) is 6.07 Å². The fourth-order valence-electron chi connectivity index (χ4n) is 2.66. The van der Waals surface area contributed by atoms with Gasteiger partial charge in [0.2, 0.25) is 0 Å². The van der Waals surface area contributed by atoms with E-state index in [1.807, 2.05) is 18.2 Å². The predicted octanol–water partition coefficient (Wildman–Crippen LogP) is 2.22. The second-order valence-electron chi connectivity index (χ2n) is 5.51. The van der Waals surface area contributed by atoms with Crippen LogP contribution in [0.3, 0.4) is 0 Å². The van der Waals surface area contributed by atoms with Crippen LogP contribution in [0.1, 0.15) is 5.56 Å². The number of para-hydroxylation sites is 1. The first-order valence-corrected chi connectivity index (χ1v) is 9.49. The van der Waals surface area contributed by atoms with Crippen molar-refractivity contribution in [2.75, 3.05) is 24.5 Å². The van der Waals surface area contributed by atoms with Crippen molar-refractivity contribution in [1.82, 2.24) is 5.32 Å². The van der Waals surface area contributed by atoms with E-state index in [2.05, 4.69) is 5.32 Å². The molecule has 2 aromatic rings. The maximum Gasteiger partial charge on any atom is 0.264 e. The fraction of sp³-hybridized carbons (Fsp3) is 0.235. The molecular formula is C17H17ClN2O4S. The van der Waals surface area contributed by atoms with E-state index in [0.717, 1.165) is 5.56 Å². The number of hydrogen-bond acceptors (Lipinski definition) is 4. The van der Waals surface area contributed by atoms with Crippen LogP contribution < -0.4 is 14.4 Å².